The van der Waals surface area contributed by atoms with Crippen molar-refractivity contribution >= 4 is 11.9 Å². The van der Waals surface area contributed by atoms with Crippen LogP contribution >= 0.6 is 0 Å². The molecule has 5 nitrogen and oxygen atoms in total. The highest BCUT2D eigenvalue weighted by atomic mass is 16.6. The minimum atomic E-state index is -0.420. The monoisotopic (exact) mass is 349 g/mol. The molecule has 2 aromatic rings. The molecule has 5 rings (SSSR count). The lowest BCUT2D eigenvalue weighted by atomic mass is 9.89. The van der Waals surface area contributed by atoms with E-state index < -0.39 is 12.1 Å². The van der Waals surface area contributed by atoms with E-state index in [0.29, 0.717) is 13.2 Å². The summed E-state index contributed by atoms with van der Waals surface area (Å²) in [4.78, 5) is 27.1. The molecule has 3 heterocycles. The maximum atomic E-state index is 12.9. The summed E-state index contributed by atoms with van der Waals surface area (Å²) in [6.07, 6.45) is -0.391. The molecule has 0 saturated carbocycles. The smallest absolute Gasteiger partial charge is 0.324 e. The van der Waals surface area contributed by atoms with E-state index in [-0.39, 0.29) is 29.8 Å². The largest absolute Gasteiger partial charge is 0.465 e. The van der Waals surface area contributed by atoms with Crippen molar-refractivity contribution in [2.24, 2.45) is 11.8 Å². The minimum absolute atomic E-state index is 0.111. The van der Waals surface area contributed by atoms with Crippen LogP contribution in [0.5, 0.6) is 0 Å². The number of carbonyl (C=O) groups is 2. The number of esters is 2. The molecule has 3 saturated heterocycles. The van der Waals surface area contributed by atoms with Crippen molar-refractivity contribution < 1.29 is 19.1 Å². The van der Waals surface area contributed by atoms with Gasteiger partial charge in [-0.25, -0.2) is 0 Å². The highest BCUT2D eigenvalue weighted by Crippen LogP contribution is 2.49. The van der Waals surface area contributed by atoms with Crippen molar-refractivity contribution in [3.63, 3.8) is 0 Å². The van der Waals surface area contributed by atoms with Crippen LogP contribution in [0.2, 0.25) is 0 Å². The molecule has 3 aliphatic heterocycles. The Morgan fingerprint density at radius 3 is 2.15 bits per heavy atom. The first-order chi connectivity index (χ1) is 12.7. The number of nitrogens with zero attached hydrogens (tertiary/aromatic N) is 1. The van der Waals surface area contributed by atoms with Crippen molar-refractivity contribution in [3.8, 4) is 0 Å². The molecule has 26 heavy (non-hydrogen) atoms. The van der Waals surface area contributed by atoms with Crippen LogP contribution in [0, 0.1) is 11.8 Å². The molecule has 2 aromatic carbocycles. The number of hydrogen-bond donors (Lipinski definition) is 0. The normalized spacial score (nSPS) is 33.3. The second-order valence-corrected chi connectivity index (χ2v) is 7.17. The van der Waals surface area contributed by atoms with Gasteiger partial charge in [0.05, 0.1) is 18.6 Å². The number of ether oxygens (including phenoxy) is 2. The lowest BCUT2D eigenvalue weighted by molar-refractivity contribution is -0.175. The van der Waals surface area contributed by atoms with E-state index in [1.807, 2.05) is 48.5 Å². The fraction of sp³-hybridized carbons (Fsp3) is 0.333. The summed E-state index contributed by atoms with van der Waals surface area (Å²) in [6.45, 7) is 0.837. The Balaban J connectivity index is 1.60. The summed E-state index contributed by atoms with van der Waals surface area (Å²) in [7, 11) is 0. The van der Waals surface area contributed by atoms with Crippen molar-refractivity contribution in [3.05, 3.63) is 71.8 Å². The predicted molar refractivity (Wildman–Crippen MR) is 92.9 cm³/mol. The number of morpholine rings is 1. The second kappa shape index (κ2) is 5.95. The molecule has 0 spiro atoms. The van der Waals surface area contributed by atoms with Crippen LogP contribution in [0.25, 0.3) is 0 Å². The van der Waals surface area contributed by atoms with E-state index in [1.165, 1.54) is 0 Å². The van der Waals surface area contributed by atoms with Crippen LogP contribution in [0.4, 0.5) is 0 Å². The van der Waals surface area contributed by atoms with E-state index in [9.17, 15) is 9.59 Å². The van der Waals surface area contributed by atoms with Gasteiger partial charge in [0.25, 0.3) is 0 Å². The number of cyclic esters (lactones) is 2. The zero-order valence-corrected chi connectivity index (χ0v) is 14.2. The second-order valence-electron chi connectivity index (χ2n) is 7.17. The fourth-order valence-corrected chi connectivity index (χ4v) is 4.62. The average molecular weight is 349 g/mol. The van der Waals surface area contributed by atoms with Crippen LogP contribution in [-0.4, -0.2) is 36.0 Å². The molecule has 0 aromatic heterocycles. The zero-order valence-electron chi connectivity index (χ0n) is 14.2. The number of rotatable bonds is 2. The molecule has 1 unspecified atom stereocenters. The Labute approximate surface area is 151 Å². The maximum Gasteiger partial charge on any atom is 0.324 e. The van der Waals surface area contributed by atoms with Crippen molar-refractivity contribution in [1.29, 1.82) is 0 Å². The SMILES string of the molecule is O=C1OCC2[C@@H]1CN1[C@@H]2C(=O)O[C@H](c2ccccc2)[C@@H]1c1ccccc1. The van der Waals surface area contributed by atoms with Crippen LogP contribution in [0.3, 0.4) is 0 Å². The Bertz CT molecular complexity index is 838. The lowest BCUT2D eigenvalue weighted by Crippen LogP contribution is -2.50. The summed E-state index contributed by atoms with van der Waals surface area (Å²) in [5.41, 5.74) is 2.06. The van der Waals surface area contributed by atoms with Gasteiger partial charge in [-0.05, 0) is 11.1 Å². The first-order valence-electron chi connectivity index (χ1n) is 8.97. The number of benzene rings is 2. The topological polar surface area (TPSA) is 55.8 Å². The Hall–Kier alpha value is -2.66. The van der Waals surface area contributed by atoms with Gasteiger partial charge in [-0.3, -0.25) is 14.5 Å². The van der Waals surface area contributed by atoms with E-state index in [0.717, 1.165) is 11.1 Å². The lowest BCUT2D eigenvalue weighted by Gasteiger charge is -2.43. The summed E-state index contributed by atoms with van der Waals surface area (Å²) in [5.74, 6) is -0.802. The van der Waals surface area contributed by atoms with Crippen molar-refractivity contribution in [1.82, 2.24) is 4.90 Å². The third-order valence-electron chi connectivity index (χ3n) is 5.81. The van der Waals surface area contributed by atoms with Gasteiger partial charge in [0.2, 0.25) is 0 Å². The molecule has 0 N–H and O–H groups in total. The first kappa shape index (κ1) is 15.6. The van der Waals surface area contributed by atoms with Gasteiger partial charge in [-0.15, -0.1) is 0 Å². The van der Waals surface area contributed by atoms with Gasteiger partial charge in [-0.1, -0.05) is 60.7 Å². The Morgan fingerprint density at radius 2 is 1.46 bits per heavy atom. The first-order valence-corrected chi connectivity index (χ1v) is 8.97. The minimum Gasteiger partial charge on any atom is -0.465 e. The van der Waals surface area contributed by atoms with Crippen LogP contribution < -0.4 is 0 Å². The summed E-state index contributed by atoms with van der Waals surface area (Å²) < 4.78 is 11.1. The molecule has 5 heteroatoms. The molecule has 3 aliphatic rings. The molecule has 132 valence electrons. The standard InChI is InChI=1S/C21H19NO4/c23-20-15-11-22-17(13-7-3-1-4-8-13)19(14-9-5-2-6-10-14)26-21(24)18(22)16(15)12-25-20/h1-10,15-19H,11-12H2/t15-,16?,17-,18-,19+/m0/s1. The van der Waals surface area contributed by atoms with E-state index in [2.05, 4.69) is 17.0 Å². The number of carbonyl (C=O) groups excluding carboxylic acids is 2. The van der Waals surface area contributed by atoms with E-state index in [4.69, 9.17) is 9.47 Å². The van der Waals surface area contributed by atoms with Gasteiger partial charge in [-0.2, -0.15) is 0 Å². The third kappa shape index (κ3) is 2.27. The number of fused-ring (bicyclic) bond motifs is 3. The predicted octanol–water partition coefficient (Wildman–Crippen LogP) is 2.50. The maximum absolute atomic E-state index is 12.9. The molecule has 5 atom stereocenters. The van der Waals surface area contributed by atoms with Crippen LogP contribution in [-0.2, 0) is 19.1 Å². The Morgan fingerprint density at radius 1 is 0.808 bits per heavy atom. The summed E-state index contributed by atoms with van der Waals surface area (Å²) in [6, 6.07) is 19.4. The van der Waals surface area contributed by atoms with Crippen LogP contribution in [0.1, 0.15) is 23.3 Å². The molecule has 0 amide bonds. The third-order valence-corrected chi connectivity index (χ3v) is 5.81. The van der Waals surface area contributed by atoms with E-state index in [1.54, 1.807) is 0 Å². The molecular weight excluding hydrogens is 330 g/mol. The van der Waals surface area contributed by atoms with Gasteiger partial charge >= 0.3 is 11.9 Å². The van der Waals surface area contributed by atoms with Crippen LogP contribution in [0.15, 0.2) is 60.7 Å². The van der Waals surface area contributed by atoms with Gasteiger partial charge in [0.1, 0.15) is 12.1 Å². The van der Waals surface area contributed by atoms with Crippen molar-refractivity contribution in [2.75, 3.05) is 13.2 Å². The molecule has 0 radical (unpaired) electrons. The zero-order chi connectivity index (χ0) is 17.7. The molecule has 3 fully saturated rings. The highest BCUT2D eigenvalue weighted by Gasteiger charge is 2.59. The molecule has 0 bridgehead atoms. The van der Waals surface area contributed by atoms with Gasteiger partial charge < -0.3 is 9.47 Å². The van der Waals surface area contributed by atoms with Gasteiger partial charge in [0.15, 0.2) is 0 Å². The molecular formula is C21H19NO4. The van der Waals surface area contributed by atoms with E-state index >= 15 is 0 Å². The molecule has 0 aliphatic carbocycles. The van der Waals surface area contributed by atoms with Gasteiger partial charge in [0, 0.05) is 12.5 Å². The van der Waals surface area contributed by atoms with Crippen molar-refractivity contribution in [2.45, 2.75) is 18.2 Å². The summed E-state index contributed by atoms with van der Waals surface area (Å²) >= 11 is 0. The average Bonchev–Trinajstić information content (AvgIpc) is 3.23. The highest BCUT2D eigenvalue weighted by molar-refractivity contribution is 5.83. The number of hydrogen-bond acceptors (Lipinski definition) is 5. The quantitative estimate of drug-likeness (QED) is 0.780. The summed E-state index contributed by atoms with van der Waals surface area (Å²) in [5, 5.41) is 0. The fourth-order valence-electron chi connectivity index (χ4n) is 4.62. The Kier molecular flexibility index (Phi) is 3.57.